The third-order valence-electron chi connectivity index (χ3n) is 5.80. The van der Waals surface area contributed by atoms with Crippen LogP contribution in [0.1, 0.15) is 36.9 Å². The number of amides is 1. The molecule has 9 heteroatoms. The van der Waals surface area contributed by atoms with E-state index in [1.54, 1.807) is 13.0 Å². The number of halogens is 4. The number of hydrogen-bond acceptors (Lipinski definition) is 3. The van der Waals surface area contributed by atoms with Gasteiger partial charge in [-0.15, -0.1) is 0 Å². The largest absolute Gasteiger partial charge is 0.430 e. The first-order chi connectivity index (χ1) is 16.6. The molecule has 1 heterocycles. The van der Waals surface area contributed by atoms with Gasteiger partial charge in [0.25, 0.3) is 0 Å². The van der Waals surface area contributed by atoms with Crippen LogP contribution in [0.3, 0.4) is 0 Å². The van der Waals surface area contributed by atoms with Crippen LogP contribution >= 0.6 is 32.4 Å². The second-order valence-electron chi connectivity index (χ2n) is 8.33. The van der Waals surface area contributed by atoms with E-state index in [1.165, 1.54) is 21.4 Å². The van der Waals surface area contributed by atoms with Crippen LogP contribution in [0.5, 0.6) is 0 Å². The Balaban J connectivity index is 1.70. The van der Waals surface area contributed by atoms with E-state index in [0.717, 1.165) is 16.8 Å². The Bertz CT molecular complexity index is 1090. The number of rotatable bonds is 8. The molecule has 0 aliphatic carbocycles. The molecule has 1 amide bonds. The maximum Gasteiger partial charge on any atom is 0.408 e. The van der Waals surface area contributed by atoms with Gasteiger partial charge in [-0.25, -0.2) is 0 Å². The third-order valence-corrected chi connectivity index (χ3v) is 6.41. The minimum absolute atomic E-state index is 0.0143. The zero-order valence-corrected chi connectivity index (χ0v) is 22.4. The van der Waals surface area contributed by atoms with Gasteiger partial charge in [0.15, 0.2) is 0 Å². The van der Waals surface area contributed by atoms with Gasteiger partial charge in [0.1, 0.15) is 5.76 Å². The lowest BCUT2D eigenvalue weighted by atomic mass is 9.99. The molecule has 0 bridgehead atoms. The van der Waals surface area contributed by atoms with Gasteiger partial charge in [0, 0.05) is 41.8 Å². The number of allylic oxidation sites excluding steroid dienone is 3. The van der Waals surface area contributed by atoms with Gasteiger partial charge in [0.05, 0.1) is 6.04 Å². The minimum atomic E-state index is -3.33. The number of carbonyl (C=O) groups is 1. The highest BCUT2D eigenvalue weighted by atomic mass is 35.5. The molecule has 0 radical (unpaired) electrons. The zero-order valence-electron chi connectivity index (χ0n) is 19.7. The molecule has 2 aromatic rings. The molecule has 2 unspecified atom stereocenters. The van der Waals surface area contributed by atoms with Crippen molar-refractivity contribution in [3.8, 4) is 0 Å². The number of anilines is 1. The van der Waals surface area contributed by atoms with Gasteiger partial charge < -0.3 is 14.5 Å². The van der Waals surface area contributed by atoms with Crippen LogP contribution in [-0.2, 0) is 9.53 Å². The Labute approximate surface area is 217 Å². The lowest BCUT2D eigenvalue weighted by Crippen LogP contribution is -2.50. The molecule has 188 valence electrons. The average Bonchev–Trinajstić information content (AvgIpc) is 2.80. The van der Waals surface area contributed by atoms with Crippen LogP contribution in [0, 0.1) is 6.92 Å². The summed E-state index contributed by atoms with van der Waals surface area (Å²) in [7, 11) is 1.34. The molecule has 1 fully saturated rings. The molecule has 0 saturated carbocycles. The van der Waals surface area contributed by atoms with E-state index < -0.39 is 5.85 Å². The normalized spacial score (nSPS) is 17.2. The smallest absolute Gasteiger partial charge is 0.408 e. The maximum atomic E-state index is 13.0. The predicted octanol–water partition coefficient (Wildman–Crippen LogP) is 7.37. The number of aryl methyl sites for hydroxylation is 1. The van der Waals surface area contributed by atoms with Crippen LogP contribution < -0.4 is 4.90 Å². The molecular weight excluding hydrogens is 512 g/mol. The van der Waals surface area contributed by atoms with Gasteiger partial charge in [-0.2, -0.15) is 8.78 Å². The summed E-state index contributed by atoms with van der Waals surface area (Å²) in [5, 5.41) is 1.34. The Kier molecular flexibility index (Phi) is 9.57. The van der Waals surface area contributed by atoms with Crippen molar-refractivity contribution < 1.29 is 18.3 Å². The maximum absolute atomic E-state index is 13.0. The second kappa shape index (κ2) is 12.2. The van der Waals surface area contributed by atoms with Crippen molar-refractivity contribution in [1.82, 2.24) is 4.90 Å². The summed E-state index contributed by atoms with van der Waals surface area (Å²) in [5.41, 5.74) is 3.21. The summed E-state index contributed by atoms with van der Waals surface area (Å²) in [4.78, 5) is 17.2. The first-order valence-corrected chi connectivity index (χ1v) is 12.7. The summed E-state index contributed by atoms with van der Waals surface area (Å²) in [6, 6.07) is 13.5. The van der Waals surface area contributed by atoms with Gasteiger partial charge in [-0.05, 0) is 83.1 Å². The van der Waals surface area contributed by atoms with E-state index in [1.807, 2.05) is 54.3 Å². The summed E-state index contributed by atoms with van der Waals surface area (Å²) in [5.74, 6) is -3.27. The lowest BCUT2D eigenvalue weighted by Gasteiger charge is -2.43. The van der Waals surface area contributed by atoms with Crippen LogP contribution in [0.15, 0.2) is 66.5 Å². The summed E-state index contributed by atoms with van der Waals surface area (Å²) in [6.07, 6.45) is 5.28. The summed E-state index contributed by atoms with van der Waals surface area (Å²) < 4.78 is 30.6. The Morgan fingerprint density at radius 3 is 2.49 bits per heavy atom. The monoisotopic (exact) mass is 540 g/mol. The molecule has 3 rings (SSSR count). The van der Waals surface area contributed by atoms with Crippen LogP contribution in [0.25, 0.3) is 0 Å². The van der Waals surface area contributed by atoms with Crippen molar-refractivity contribution in [1.29, 1.82) is 0 Å². The van der Waals surface area contributed by atoms with Gasteiger partial charge in [0.2, 0.25) is 5.91 Å². The van der Waals surface area contributed by atoms with E-state index in [0.29, 0.717) is 36.1 Å². The van der Waals surface area contributed by atoms with Crippen molar-refractivity contribution >= 4 is 44.0 Å². The van der Waals surface area contributed by atoms with Crippen molar-refractivity contribution in [3.63, 3.8) is 0 Å². The van der Waals surface area contributed by atoms with Crippen molar-refractivity contribution in [2.45, 2.75) is 38.6 Å². The number of benzene rings is 2. The number of ether oxygens (including phenoxy) is 1. The fourth-order valence-corrected chi connectivity index (χ4v) is 4.61. The minimum Gasteiger partial charge on any atom is -0.430 e. The Morgan fingerprint density at radius 1 is 1.17 bits per heavy atom. The lowest BCUT2D eigenvalue weighted by molar-refractivity contribution is -0.132. The second-order valence-corrected chi connectivity index (χ2v) is 9.87. The number of hydrogen-bond donors (Lipinski definition) is 0. The van der Waals surface area contributed by atoms with Crippen molar-refractivity contribution in [2.75, 3.05) is 24.5 Å². The topological polar surface area (TPSA) is 32.8 Å². The highest BCUT2D eigenvalue weighted by Crippen LogP contribution is 2.34. The number of nitrogens with zero attached hydrogens (tertiary/aromatic N) is 2. The Morgan fingerprint density at radius 2 is 1.86 bits per heavy atom. The van der Waals surface area contributed by atoms with Gasteiger partial charge in [-0.3, -0.25) is 4.79 Å². The van der Waals surface area contributed by atoms with Crippen LogP contribution in [0.4, 0.5) is 14.5 Å². The van der Waals surface area contributed by atoms with E-state index in [2.05, 4.69) is 9.64 Å². The molecule has 0 N–H and O–H groups in total. The molecule has 0 aromatic heterocycles. The van der Waals surface area contributed by atoms with Crippen molar-refractivity contribution in [3.05, 3.63) is 87.6 Å². The molecule has 1 saturated heterocycles. The molecule has 0 spiro atoms. The van der Waals surface area contributed by atoms with Gasteiger partial charge >= 0.3 is 5.85 Å². The fourth-order valence-electron chi connectivity index (χ4n) is 4.12. The van der Waals surface area contributed by atoms with Crippen LogP contribution in [-0.4, -0.2) is 36.3 Å². The fraction of sp³-hybridized carbons (Fsp3) is 0.346. The zero-order chi connectivity index (χ0) is 25.6. The summed E-state index contributed by atoms with van der Waals surface area (Å²) in [6.45, 7) is 5.41. The standard InChI is InChI=1S/C26H29Cl2F2N2O2P/c1-3-22(34-26(29,30)35)6-4-5-7-25(33)31-14-15-32(23-13-12-21(28)16-18(23)2)24(17-31)19-8-10-20(27)11-9-19/h3-4,6,8-13,16,24H,5,7,14-15,17,35H2,1-2H3/b6-4-,22-3+. The molecular formula is C26H29Cl2F2N2O2P. The quantitative estimate of drug-likeness (QED) is 0.199. The van der Waals surface area contributed by atoms with Gasteiger partial charge in [-0.1, -0.05) is 41.4 Å². The predicted molar refractivity (Wildman–Crippen MR) is 142 cm³/mol. The first kappa shape index (κ1) is 27.4. The Hall–Kier alpha value is -2.14. The molecule has 1 aliphatic heterocycles. The van der Waals surface area contributed by atoms with E-state index in [4.69, 9.17) is 23.2 Å². The van der Waals surface area contributed by atoms with E-state index >= 15 is 0 Å². The number of carbonyl (C=O) groups excluding carboxylic acids is 1. The van der Waals surface area contributed by atoms with E-state index in [9.17, 15) is 13.6 Å². The van der Waals surface area contributed by atoms with E-state index in [-0.39, 0.29) is 24.1 Å². The summed E-state index contributed by atoms with van der Waals surface area (Å²) >= 11 is 12.3. The number of piperazine rings is 1. The van der Waals surface area contributed by atoms with Crippen molar-refractivity contribution in [2.24, 2.45) is 0 Å². The molecule has 1 aliphatic rings. The molecule has 2 aromatic carbocycles. The van der Waals surface area contributed by atoms with Crippen LogP contribution in [0.2, 0.25) is 10.0 Å². The first-order valence-electron chi connectivity index (χ1n) is 11.3. The highest BCUT2D eigenvalue weighted by Gasteiger charge is 2.31. The number of alkyl halides is 2. The SMILES string of the molecule is C/C=C(\C=C/CCC(=O)N1CCN(c2ccc(Cl)cc2C)C(c2ccc(Cl)cc2)C1)OC(F)(F)P. The average molecular weight is 541 g/mol. The highest BCUT2D eigenvalue weighted by molar-refractivity contribution is 7.17. The molecule has 4 nitrogen and oxygen atoms in total. The third kappa shape index (κ3) is 7.93. The molecule has 2 atom stereocenters. The molecule has 35 heavy (non-hydrogen) atoms.